The minimum Gasteiger partial charge on any atom is -0.385 e. The fraction of sp³-hybridized carbons (Fsp3) is 0.400. The Morgan fingerprint density at radius 3 is 2.44 bits per heavy atom. The third-order valence-corrected chi connectivity index (χ3v) is 1.98. The van der Waals surface area contributed by atoms with Gasteiger partial charge in [0.2, 0.25) is 0 Å². The lowest BCUT2D eigenvalue weighted by molar-refractivity contribution is -0.139. The number of benzene rings is 1. The van der Waals surface area contributed by atoms with Gasteiger partial charge in [-0.25, -0.2) is 4.39 Å². The minimum atomic E-state index is -4.65. The highest BCUT2D eigenvalue weighted by molar-refractivity contribution is 5.45. The molecule has 0 unspecified atom stereocenters. The van der Waals surface area contributed by atoms with Gasteiger partial charge in [-0.2, -0.15) is 13.2 Å². The molecule has 0 atom stereocenters. The summed E-state index contributed by atoms with van der Waals surface area (Å²) in [4.78, 5) is 0. The molecule has 0 aromatic heterocycles. The van der Waals surface area contributed by atoms with Gasteiger partial charge in [0.15, 0.2) is 0 Å². The molecule has 1 rings (SSSR count). The number of halogens is 4. The molecule has 0 spiro atoms. The Morgan fingerprint density at radius 2 is 1.94 bits per heavy atom. The summed E-state index contributed by atoms with van der Waals surface area (Å²) in [5.74, 6) is -1.27. The summed E-state index contributed by atoms with van der Waals surface area (Å²) in [6, 6.07) is 2.75. The standard InChI is InChI=1S/C10H12F4N2/c11-9-6-7(16-5-1-4-15)2-3-8(9)10(12,13)14/h2-3,6,16H,1,4-5,15H2. The van der Waals surface area contributed by atoms with Crippen LogP contribution in [-0.4, -0.2) is 13.1 Å². The van der Waals surface area contributed by atoms with Gasteiger partial charge in [0.25, 0.3) is 0 Å². The van der Waals surface area contributed by atoms with E-state index < -0.39 is 17.6 Å². The molecular weight excluding hydrogens is 224 g/mol. The van der Waals surface area contributed by atoms with Crippen molar-refractivity contribution in [2.45, 2.75) is 12.6 Å². The normalized spacial score (nSPS) is 11.6. The van der Waals surface area contributed by atoms with Crippen LogP contribution >= 0.6 is 0 Å². The third kappa shape index (κ3) is 3.37. The van der Waals surface area contributed by atoms with Crippen molar-refractivity contribution in [1.82, 2.24) is 0 Å². The molecule has 0 amide bonds. The molecule has 0 saturated carbocycles. The second kappa shape index (κ2) is 5.16. The molecule has 0 aliphatic rings. The Morgan fingerprint density at radius 1 is 1.25 bits per heavy atom. The van der Waals surface area contributed by atoms with Crippen molar-refractivity contribution < 1.29 is 17.6 Å². The fourth-order valence-corrected chi connectivity index (χ4v) is 1.19. The van der Waals surface area contributed by atoms with E-state index in [4.69, 9.17) is 5.73 Å². The highest BCUT2D eigenvalue weighted by atomic mass is 19.4. The summed E-state index contributed by atoms with van der Waals surface area (Å²) in [5.41, 5.74) is 4.31. The van der Waals surface area contributed by atoms with Gasteiger partial charge < -0.3 is 11.1 Å². The number of alkyl halides is 3. The first kappa shape index (κ1) is 12.8. The monoisotopic (exact) mass is 236 g/mol. The number of anilines is 1. The molecule has 0 saturated heterocycles. The molecule has 16 heavy (non-hydrogen) atoms. The first-order chi connectivity index (χ1) is 7.45. The molecule has 0 radical (unpaired) electrons. The van der Waals surface area contributed by atoms with E-state index in [0.29, 0.717) is 25.2 Å². The Hall–Kier alpha value is -1.30. The van der Waals surface area contributed by atoms with Crippen LogP contribution < -0.4 is 11.1 Å². The molecule has 0 bridgehead atoms. The number of rotatable bonds is 4. The molecule has 0 aliphatic heterocycles. The lowest BCUT2D eigenvalue weighted by Gasteiger charge is -2.10. The van der Waals surface area contributed by atoms with E-state index in [9.17, 15) is 17.6 Å². The van der Waals surface area contributed by atoms with E-state index in [1.807, 2.05) is 0 Å². The first-order valence-corrected chi connectivity index (χ1v) is 4.76. The van der Waals surface area contributed by atoms with Gasteiger partial charge in [-0.3, -0.25) is 0 Å². The van der Waals surface area contributed by atoms with E-state index in [2.05, 4.69) is 5.32 Å². The number of nitrogens with one attached hydrogen (secondary N) is 1. The molecule has 2 nitrogen and oxygen atoms in total. The lowest BCUT2D eigenvalue weighted by atomic mass is 10.2. The second-order valence-electron chi connectivity index (χ2n) is 3.26. The van der Waals surface area contributed by atoms with Crippen molar-refractivity contribution in [1.29, 1.82) is 0 Å². The van der Waals surface area contributed by atoms with Crippen LogP contribution in [0.3, 0.4) is 0 Å². The van der Waals surface area contributed by atoms with Crippen molar-refractivity contribution in [3.8, 4) is 0 Å². The van der Waals surface area contributed by atoms with Gasteiger partial charge in [0, 0.05) is 12.2 Å². The zero-order chi connectivity index (χ0) is 12.2. The molecule has 3 N–H and O–H groups in total. The summed E-state index contributed by atoms with van der Waals surface area (Å²) in [6.45, 7) is 0.970. The van der Waals surface area contributed by atoms with E-state index in [1.165, 1.54) is 6.07 Å². The molecule has 90 valence electrons. The van der Waals surface area contributed by atoms with Gasteiger partial charge >= 0.3 is 6.18 Å². The van der Waals surface area contributed by atoms with Gasteiger partial charge in [0.05, 0.1) is 5.56 Å². The van der Waals surface area contributed by atoms with Gasteiger partial charge in [-0.1, -0.05) is 0 Å². The molecule has 0 aliphatic carbocycles. The second-order valence-corrected chi connectivity index (χ2v) is 3.26. The quantitative estimate of drug-likeness (QED) is 0.623. The van der Waals surface area contributed by atoms with Crippen molar-refractivity contribution in [2.75, 3.05) is 18.4 Å². The Labute approximate surface area is 90.4 Å². The van der Waals surface area contributed by atoms with Crippen LogP contribution in [0, 0.1) is 5.82 Å². The van der Waals surface area contributed by atoms with Crippen molar-refractivity contribution in [2.24, 2.45) is 5.73 Å². The summed E-state index contributed by atoms with van der Waals surface area (Å²) < 4.78 is 49.7. The van der Waals surface area contributed by atoms with Crippen LogP contribution in [0.4, 0.5) is 23.2 Å². The summed E-state index contributed by atoms with van der Waals surface area (Å²) >= 11 is 0. The lowest BCUT2D eigenvalue weighted by Crippen LogP contribution is -2.11. The van der Waals surface area contributed by atoms with Crippen LogP contribution in [0.5, 0.6) is 0 Å². The average Bonchev–Trinajstić information content (AvgIpc) is 2.16. The topological polar surface area (TPSA) is 38.0 Å². The van der Waals surface area contributed by atoms with Crippen LogP contribution in [0.2, 0.25) is 0 Å². The number of hydrogen-bond acceptors (Lipinski definition) is 2. The number of hydrogen-bond donors (Lipinski definition) is 2. The summed E-state index contributed by atoms with van der Waals surface area (Å²) in [7, 11) is 0. The van der Waals surface area contributed by atoms with Gasteiger partial charge in [-0.05, 0) is 31.2 Å². The maximum Gasteiger partial charge on any atom is 0.419 e. The minimum absolute atomic E-state index is 0.318. The molecule has 1 aromatic rings. The van der Waals surface area contributed by atoms with E-state index >= 15 is 0 Å². The number of nitrogens with two attached hydrogens (primary N) is 1. The van der Waals surface area contributed by atoms with E-state index in [0.717, 1.165) is 12.1 Å². The Bertz CT molecular complexity index is 349. The van der Waals surface area contributed by atoms with Gasteiger partial charge in [0.1, 0.15) is 5.82 Å². The van der Waals surface area contributed by atoms with Crippen molar-refractivity contribution in [3.63, 3.8) is 0 Å². The highest BCUT2D eigenvalue weighted by Gasteiger charge is 2.33. The van der Waals surface area contributed by atoms with Crippen LogP contribution in [0.15, 0.2) is 18.2 Å². The Kier molecular flexibility index (Phi) is 4.12. The van der Waals surface area contributed by atoms with E-state index in [-0.39, 0.29) is 0 Å². The smallest absolute Gasteiger partial charge is 0.385 e. The SMILES string of the molecule is NCCCNc1ccc(C(F)(F)F)c(F)c1. The zero-order valence-electron chi connectivity index (χ0n) is 8.44. The van der Waals surface area contributed by atoms with E-state index in [1.54, 1.807) is 0 Å². The van der Waals surface area contributed by atoms with Crippen molar-refractivity contribution >= 4 is 5.69 Å². The summed E-state index contributed by atoms with van der Waals surface area (Å²) in [6.07, 6.45) is -3.98. The summed E-state index contributed by atoms with van der Waals surface area (Å²) in [5, 5.41) is 2.78. The Balaban J connectivity index is 2.75. The molecule has 0 fully saturated rings. The largest absolute Gasteiger partial charge is 0.419 e. The highest BCUT2D eigenvalue weighted by Crippen LogP contribution is 2.32. The molecule has 6 heteroatoms. The maximum atomic E-state index is 13.1. The molecule has 0 heterocycles. The third-order valence-electron chi connectivity index (χ3n) is 1.98. The van der Waals surface area contributed by atoms with Crippen molar-refractivity contribution in [3.05, 3.63) is 29.6 Å². The van der Waals surface area contributed by atoms with Crippen LogP contribution in [0.25, 0.3) is 0 Å². The molecular formula is C10H12F4N2. The maximum absolute atomic E-state index is 13.1. The zero-order valence-corrected chi connectivity index (χ0v) is 8.44. The average molecular weight is 236 g/mol. The molecule has 1 aromatic carbocycles. The predicted molar refractivity (Wildman–Crippen MR) is 53.6 cm³/mol. The first-order valence-electron chi connectivity index (χ1n) is 4.76. The fourth-order valence-electron chi connectivity index (χ4n) is 1.19. The predicted octanol–water partition coefficient (Wildman–Crippen LogP) is 2.61. The van der Waals surface area contributed by atoms with Crippen LogP contribution in [0.1, 0.15) is 12.0 Å². The van der Waals surface area contributed by atoms with Crippen LogP contribution in [-0.2, 0) is 6.18 Å². The van der Waals surface area contributed by atoms with Gasteiger partial charge in [-0.15, -0.1) is 0 Å².